The van der Waals surface area contributed by atoms with Crippen molar-refractivity contribution in [3.63, 3.8) is 0 Å². The third kappa shape index (κ3) is 4.12. The number of amidine groups is 1. The fraction of sp³-hybridized carbons (Fsp3) is 0.278. The van der Waals surface area contributed by atoms with Gasteiger partial charge < -0.3 is 25.7 Å². The topological polar surface area (TPSA) is 119 Å². The number of anilines is 1. The van der Waals surface area contributed by atoms with Crippen LogP contribution in [0.1, 0.15) is 24.1 Å². The fourth-order valence-corrected chi connectivity index (χ4v) is 2.71. The molecule has 9 nitrogen and oxygen atoms in total. The molecule has 0 aliphatic carbocycles. The highest BCUT2D eigenvalue weighted by Gasteiger charge is 2.16. The van der Waals surface area contributed by atoms with Crippen molar-refractivity contribution in [3.05, 3.63) is 53.6 Å². The SMILES string of the molecule is COCCOc1ccc(F)cc1[C@@H](C)Nc1ccn2ncc(/C(N)=N/O)c2n1. The molecule has 1 atom stereocenters. The van der Waals surface area contributed by atoms with Gasteiger partial charge in [-0.1, -0.05) is 5.16 Å². The Labute approximate surface area is 160 Å². The van der Waals surface area contributed by atoms with Crippen LogP contribution in [0.4, 0.5) is 10.2 Å². The highest BCUT2D eigenvalue weighted by atomic mass is 19.1. The first-order chi connectivity index (χ1) is 13.5. The van der Waals surface area contributed by atoms with Crippen LogP contribution in [0.25, 0.3) is 5.65 Å². The fourth-order valence-electron chi connectivity index (χ4n) is 2.71. The lowest BCUT2D eigenvalue weighted by Gasteiger charge is -2.19. The van der Waals surface area contributed by atoms with E-state index in [1.165, 1.54) is 22.8 Å². The number of oxime groups is 1. The average molecular weight is 388 g/mol. The van der Waals surface area contributed by atoms with Gasteiger partial charge in [-0.05, 0) is 31.2 Å². The summed E-state index contributed by atoms with van der Waals surface area (Å²) >= 11 is 0. The Morgan fingerprint density at radius 1 is 1.39 bits per heavy atom. The van der Waals surface area contributed by atoms with Crippen molar-refractivity contribution >= 4 is 17.3 Å². The second kappa shape index (κ2) is 8.53. The van der Waals surface area contributed by atoms with Crippen LogP contribution in [0, 0.1) is 5.82 Å². The largest absolute Gasteiger partial charge is 0.491 e. The van der Waals surface area contributed by atoms with E-state index in [4.69, 9.17) is 20.4 Å². The van der Waals surface area contributed by atoms with E-state index in [1.54, 1.807) is 25.4 Å². The number of ether oxygens (including phenoxy) is 2. The third-order valence-electron chi connectivity index (χ3n) is 4.10. The number of methoxy groups -OCH3 is 1. The van der Waals surface area contributed by atoms with Gasteiger partial charge in [-0.15, -0.1) is 0 Å². The standard InChI is InChI=1S/C18H21FN6O3/c1-11(13-9-12(19)3-4-15(13)28-8-7-27-2)22-16-5-6-25-18(23-16)14(10-21-25)17(20)24-26/h3-6,9-11,26H,7-8H2,1-2H3,(H2,20,24)(H,22,23)/t11-/m1/s1. The van der Waals surface area contributed by atoms with Crippen LogP contribution in [-0.2, 0) is 4.74 Å². The number of benzene rings is 1. The number of halogens is 1. The third-order valence-corrected chi connectivity index (χ3v) is 4.10. The highest BCUT2D eigenvalue weighted by molar-refractivity contribution is 6.02. The summed E-state index contributed by atoms with van der Waals surface area (Å²) < 4.78 is 26.0. The Morgan fingerprint density at radius 2 is 2.21 bits per heavy atom. The molecule has 0 amide bonds. The van der Waals surface area contributed by atoms with E-state index in [-0.39, 0.29) is 17.7 Å². The lowest BCUT2D eigenvalue weighted by atomic mass is 10.1. The molecule has 1 aromatic carbocycles. The maximum absolute atomic E-state index is 13.8. The first-order valence-corrected chi connectivity index (χ1v) is 8.53. The maximum Gasteiger partial charge on any atom is 0.175 e. The zero-order valence-electron chi connectivity index (χ0n) is 15.5. The number of rotatable bonds is 8. The van der Waals surface area contributed by atoms with E-state index in [2.05, 4.69) is 20.6 Å². The molecule has 0 aliphatic rings. The van der Waals surface area contributed by atoms with E-state index in [9.17, 15) is 4.39 Å². The predicted molar refractivity (Wildman–Crippen MR) is 101 cm³/mol. The van der Waals surface area contributed by atoms with Gasteiger partial charge in [-0.2, -0.15) is 5.10 Å². The molecule has 2 aromatic heterocycles. The summed E-state index contributed by atoms with van der Waals surface area (Å²) in [6.07, 6.45) is 3.14. The molecular weight excluding hydrogens is 367 g/mol. The normalized spacial score (nSPS) is 12.9. The Balaban J connectivity index is 1.86. The van der Waals surface area contributed by atoms with E-state index in [0.717, 1.165) is 0 Å². The summed E-state index contributed by atoms with van der Waals surface area (Å²) in [6, 6.07) is 5.76. The molecule has 3 aromatic rings. The van der Waals surface area contributed by atoms with E-state index >= 15 is 0 Å². The van der Waals surface area contributed by atoms with Crippen LogP contribution in [0.3, 0.4) is 0 Å². The average Bonchev–Trinajstić information content (AvgIpc) is 3.11. The maximum atomic E-state index is 13.8. The van der Waals surface area contributed by atoms with Crippen LogP contribution in [0.5, 0.6) is 5.75 Å². The molecule has 0 unspecified atom stereocenters. The highest BCUT2D eigenvalue weighted by Crippen LogP contribution is 2.28. The molecule has 28 heavy (non-hydrogen) atoms. The second-order valence-electron chi connectivity index (χ2n) is 6.01. The molecule has 10 heteroatoms. The zero-order valence-corrected chi connectivity index (χ0v) is 15.5. The molecule has 3 rings (SSSR count). The molecule has 0 bridgehead atoms. The first kappa shape index (κ1) is 19.4. The van der Waals surface area contributed by atoms with Gasteiger partial charge in [-0.25, -0.2) is 13.9 Å². The summed E-state index contributed by atoms with van der Waals surface area (Å²) in [4.78, 5) is 4.46. The van der Waals surface area contributed by atoms with Crippen LogP contribution >= 0.6 is 0 Å². The lowest BCUT2D eigenvalue weighted by Crippen LogP contribution is -2.14. The lowest BCUT2D eigenvalue weighted by molar-refractivity contribution is 0.145. The number of fused-ring (bicyclic) bond motifs is 1. The number of nitrogens with one attached hydrogen (secondary N) is 1. The van der Waals surface area contributed by atoms with Crippen LogP contribution in [-0.4, -0.2) is 46.0 Å². The number of hydrogen-bond donors (Lipinski definition) is 3. The summed E-state index contributed by atoms with van der Waals surface area (Å²) in [7, 11) is 1.58. The summed E-state index contributed by atoms with van der Waals surface area (Å²) in [6.45, 7) is 2.64. The predicted octanol–water partition coefficient (Wildman–Crippen LogP) is 2.16. The minimum atomic E-state index is -0.365. The van der Waals surface area contributed by atoms with E-state index < -0.39 is 0 Å². The minimum absolute atomic E-state index is 0.0911. The summed E-state index contributed by atoms with van der Waals surface area (Å²) in [5, 5.41) is 19.2. The molecule has 0 spiro atoms. The molecular formula is C18H21FN6O3. The van der Waals surface area contributed by atoms with E-state index in [1.807, 2.05) is 6.92 Å². The van der Waals surface area contributed by atoms with Crippen LogP contribution < -0.4 is 15.8 Å². The first-order valence-electron chi connectivity index (χ1n) is 8.53. The van der Waals surface area contributed by atoms with Gasteiger partial charge in [0, 0.05) is 18.9 Å². The molecule has 0 saturated heterocycles. The van der Waals surface area contributed by atoms with Crippen LogP contribution in [0.15, 0.2) is 41.8 Å². The number of hydrogen-bond acceptors (Lipinski definition) is 7. The van der Waals surface area contributed by atoms with Crippen molar-refractivity contribution in [2.45, 2.75) is 13.0 Å². The molecule has 4 N–H and O–H groups in total. The van der Waals surface area contributed by atoms with Crippen molar-refractivity contribution in [1.82, 2.24) is 14.6 Å². The van der Waals surface area contributed by atoms with Crippen molar-refractivity contribution in [1.29, 1.82) is 0 Å². The van der Waals surface area contributed by atoms with Crippen molar-refractivity contribution in [2.24, 2.45) is 10.9 Å². The molecule has 0 aliphatic heterocycles. The van der Waals surface area contributed by atoms with E-state index in [0.29, 0.717) is 41.6 Å². The van der Waals surface area contributed by atoms with Gasteiger partial charge in [0.2, 0.25) is 0 Å². The Hall–Kier alpha value is -3.40. The molecule has 0 fully saturated rings. The number of nitrogens with zero attached hydrogens (tertiary/aromatic N) is 4. The smallest absolute Gasteiger partial charge is 0.175 e. The van der Waals surface area contributed by atoms with Gasteiger partial charge in [-0.3, -0.25) is 0 Å². The molecule has 0 radical (unpaired) electrons. The summed E-state index contributed by atoms with van der Waals surface area (Å²) in [5.41, 5.74) is 7.12. The molecule has 0 saturated carbocycles. The van der Waals surface area contributed by atoms with Gasteiger partial charge >= 0.3 is 0 Å². The summed E-state index contributed by atoms with van der Waals surface area (Å²) in [5.74, 6) is 0.614. The van der Waals surface area contributed by atoms with Crippen molar-refractivity contribution in [2.75, 3.05) is 25.6 Å². The van der Waals surface area contributed by atoms with Crippen molar-refractivity contribution < 1.29 is 19.1 Å². The Bertz CT molecular complexity index is 991. The van der Waals surface area contributed by atoms with Gasteiger partial charge in [0.1, 0.15) is 24.0 Å². The Morgan fingerprint density at radius 3 is 2.96 bits per heavy atom. The van der Waals surface area contributed by atoms with Crippen molar-refractivity contribution in [3.8, 4) is 5.75 Å². The van der Waals surface area contributed by atoms with Gasteiger partial charge in [0.15, 0.2) is 11.5 Å². The quantitative estimate of drug-likeness (QED) is 0.178. The monoisotopic (exact) mass is 388 g/mol. The Kier molecular flexibility index (Phi) is 5.90. The second-order valence-corrected chi connectivity index (χ2v) is 6.01. The number of aromatic nitrogens is 3. The van der Waals surface area contributed by atoms with Gasteiger partial charge in [0.05, 0.1) is 24.4 Å². The zero-order chi connectivity index (χ0) is 20.1. The minimum Gasteiger partial charge on any atom is -0.491 e. The van der Waals surface area contributed by atoms with Crippen LogP contribution in [0.2, 0.25) is 0 Å². The molecule has 2 heterocycles. The van der Waals surface area contributed by atoms with Gasteiger partial charge in [0.25, 0.3) is 0 Å². The number of nitrogens with two attached hydrogens (primary N) is 1. The molecule has 148 valence electrons.